The number of nitrogens with one attached hydrogen (secondary N) is 2. The molecule has 0 radical (unpaired) electrons. The first-order valence-corrected chi connectivity index (χ1v) is 7.18. The number of halogens is 2. The molecular weight excluding hydrogens is 321 g/mol. The van der Waals surface area contributed by atoms with Crippen molar-refractivity contribution < 1.29 is 14.0 Å². The van der Waals surface area contributed by atoms with Crippen LogP contribution < -0.4 is 16.4 Å². The van der Waals surface area contributed by atoms with Gasteiger partial charge < -0.3 is 16.4 Å². The van der Waals surface area contributed by atoms with Gasteiger partial charge in [0, 0.05) is 17.3 Å². The molecule has 0 unspecified atom stereocenters. The smallest absolute Gasteiger partial charge is 0.251 e. The minimum atomic E-state index is -0.864. The molecule has 0 saturated heterocycles. The molecule has 2 amide bonds. The molecule has 4 N–H and O–H groups in total. The SMILES string of the molecule is NC(=O)c1cc(NCC(=O)NCc2cccc(Cl)c2)ccc1F. The third-order valence-corrected chi connectivity index (χ3v) is 3.30. The van der Waals surface area contributed by atoms with E-state index in [4.69, 9.17) is 17.3 Å². The van der Waals surface area contributed by atoms with E-state index in [-0.39, 0.29) is 18.0 Å². The highest BCUT2D eigenvalue weighted by Gasteiger charge is 2.09. The first kappa shape index (κ1) is 16.8. The Morgan fingerprint density at radius 1 is 1.17 bits per heavy atom. The Morgan fingerprint density at radius 2 is 1.96 bits per heavy atom. The van der Waals surface area contributed by atoms with Gasteiger partial charge in [0.2, 0.25) is 5.91 Å². The van der Waals surface area contributed by atoms with Crippen molar-refractivity contribution in [1.29, 1.82) is 0 Å². The van der Waals surface area contributed by atoms with Crippen LogP contribution in [-0.2, 0) is 11.3 Å². The summed E-state index contributed by atoms with van der Waals surface area (Å²) in [5, 5.41) is 6.12. The highest BCUT2D eigenvalue weighted by atomic mass is 35.5. The summed E-state index contributed by atoms with van der Waals surface area (Å²) in [6.45, 7) is 0.321. The van der Waals surface area contributed by atoms with E-state index < -0.39 is 11.7 Å². The summed E-state index contributed by atoms with van der Waals surface area (Å²) in [5.41, 5.74) is 6.15. The number of primary amides is 1. The van der Waals surface area contributed by atoms with Crippen LogP contribution in [0.25, 0.3) is 0 Å². The molecule has 0 bridgehead atoms. The Balaban J connectivity index is 1.87. The molecule has 2 rings (SSSR count). The van der Waals surface area contributed by atoms with Crippen LogP contribution in [0.5, 0.6) is 0 Å². The molecule has 120 valence electrons. The quantitative estimate of drug-likeness (QED) is 0.757. The average molecular weight is 336 g/mol. The second-order valence-corrected chi connectivity index (χ2v) is 5.26. The Morgan fingerprint density at radius 3 is 2.65 bits per heavy atom. The Labute approximate surface area is 137 Å². The molecule has 0 atom stereocenters. The molecule has 23 heavy (non-hydrogen) atoms. The molecule has 0 heterocycles. The van der Waals surface area contributed by atoms with E-state index in [1.165, 1.54) is 12.1 Å². The number of amides is 2. The molecule has 0 aliphatic rings. The fourth-order valence-corrected chi connectivity index (χ4v) is 2.13. The zero-order valence-corrected chi connectivity index (χ0v) is 12.9. The van der Waals surface area contributed by atoms with Crippen LogP contribution in [0, 0.1) is 5.82 Å². The van der Waals surface area contributed by atoms with Gasteiger partial charge in [-0.15, -0.1) is 0 Å². The highest BCUT2D eigenvalue weighted by molar-refractivity contribution is 6.30. The molecule has 0 fully saturated rings. The van der Waals surface area contributed by atoms with E-state index in [0.717, 1.165) is 11.6 Å². The minimum absolute atomic E-state index is 0.0234. The summed E-state index contributed by atoms with van der Waals surface area (Å²) in [6.07, 6.45) is 0. The normalized spacial score (nSPS) is 10.2. The summed E-state index contributed by atoms with van der Waals surface area (Å²) in [4.78, 5) is 22.9. The first-order chi connectivity index (χ1) is 11.0. The first-order valence-electron chi connectivity index (χ1n) is 6.80. The maximum Gasteiger partial charge on any atom is 0.251 e. The van der Waals surface area contributed by atoms with Gasteiger partial charge in [-0.3, -0.25) is 9.59 Å². The summed E-state index contributed by atoms with van der Waals surface area (Å²) in [7, 11) is 0. The third kappa shape index (κ3) is 4.96. The number of carbonyl (C=O) groups excluding carboxylic acids is 2. The van der Waals surface area contributed by atoms with Gasteiger partial charge >= 0.3 is 0 Å². The Kier molecular flexibility index (Phi) is 5.54. The molecule has 7 heteroatoms. The van der Waals surface area contributed by atoms with Crippen molar-refractivity contribution >= 4 is 29.1 Å². The zero-order chi connectivity index (χ0) is 16.8. The Hall–Kier alpha value is -2.60. The van der Waals surface area contributed by atoms with E-state index >= 15 is 0 Å². The average Bonchev–Trinajstić information content (AvgIpc) is 2.52. The van der Waals surface area contributed by atoms with Crippen molar-refractivity contribution in [1.82, 2.24) is 5.32 Å². The van der Waals surface area contributed by atoms with Crippen molar-refractivity contribution in [3.8, 4) is 0 Å². The minimum Gasteiger partial charge on any atom is -0.376 e. The predicted molar refractivity (Wildman–Crippen MR) is 86.7 cm³/mol. The van der Waals surface area contributed by atoms with Gasteiger partial charge in [0.15, 0.2) is 0 Å². The number of nitrogens with two attached hydrogens (primary N) is 1. The number of anilines is 1. The molecule has 0 aromatic heterocycles. The van der Waals surface area contributed by atoms with E-state index in [2.05, 4.69) is 10.6 Å². The van der Waals surface area contributed by atoms with Crippen LogP contribution in [0.2, 0.25) is 5.02 Å². The van der Waals surface area contributed by atoms with Crippen LogP contribution in [0.4, 0.5) is 10.1 Å². The number of benzene rings is 2. The monoisotopic (exact) mass is 335 g/mol. The van der Waals surface area contributed by atoms with Crippen LogP contribution in [0.15, 0.2) is 42.5 Å². The Bertz CT molecular complexity index is 737. The molecule has 5 nitrogen and oxygen atoms in total. The van der Waals surface area contributed by atoms with Crippen molar-refractivity contribution in [3.63, 3.8) is 0 Å². The van der Waals surface area contributed by atoms with Gasteiger partial charge in [-0.2, -0.15) is 0 Å². The molecule has 0 aliphatic heterocycles. The summed E-state index contributed by atoms with van der Waals surface area (Å²) in [6, 6.07) is 11.0. The van der Waals surface area contributed by atoms with Gasteiger partial charge in [-0.25, -0.2) is 4.39 Å². The maximum atomic E-state index is 13.3. The van der Waals surface area contributed by atoms with Gasteiger partial charge in [0.25, 0.3) is 5.91 Å². The van der Waals surface area contributed by atoms with Crippen LogP contribution in [0.3, 0.4) is 0 Å². The van der Waals surface area contributed by atoms with Crippen molar-refractivity contribution in [3.05, 3.63) is 64.4 Å². The topological polar surface area (TPSA) is 84.2 Å². The lowest BCUT2D eigenvalue weighted by molar-refractivity contribution is -0.119. The van der Waals surface area contributed by atoms with Gasteiger partial charge in [0.1, 0.15) is 5.82 Å². The standard InChI is InChI=1S/C16H15ClFN3O2/c17-11-3-1-2-10(6-11)8-21-15(22)9-20-12-4-5-14(18)13(7-12)16(19)23/h1-7,20H,8-9H2,(H2,19,23)(H,21,22). The van der Waals surface area contributed by atoms with Gasteiger partial charge in [-0.05, 0) is 35.9 Å². The zero-order valence-electron chi connectivity index (χ0n) is 12.1. The van der Waals surface area contributed by atoms with Gasteiger partial charge in [-0.1, -0.05) is 23.7 Å². The molecule has 0 aliphatic carbocycles. The summed E-state index contributed by atoms with van der Waals surface area (Å²) < 4.78 is 13.3. The molecule has 2 aromatic rings. The van der Waals surface area contributed by atoms with Crippen molar-refractivity contribution in [2.45, 2.75) is 6.54 Å². The van der Waals surface area contributed by atoms with E-state index in [0.29, 0.717) is 17.3 Å². The molecule has 0 spiro atoms. The lowest BCUT2D eigenvalue weighted by atomic mass is 10.2. The number of rotatable bonds is 6. The fraction of sp³-hybridized carbons (Fsp3) is 0.125. The fourth-order valence-electron chi connectivity index (χ4n) is 1.92. The van der Waals surface area contributed by atoms with E-state index in [9.17, 15) is 14.0 Å². The second-order valence-electron chi connectivity index (χ2n) is 4.82. The van der Waals surface area contributed by atoms with Crippen molar-refractivity contribution in [2.75, 3.05) is 11.9 Å². The maximum absolute atomic E-state index is 13.3. The largest absolute Gasteiger partial charge is 0.376 e. The van der Waals surface area contributed by atoms with Gasteiger partial charge in [0.05, 0.1) is 12.1 Å². The predicted octanol–water partition coefficient (Wildman–Crippen LogP) is 2.31. The highest BCUT2D eigenvalue weighted by Crippen LogP contribution is 2.14. The lowest BCUT2D eigenvalue weighted by Gasteiger charge is -2.09. The molecule has 0 saturated carbocycles. The summed E-state index contributed by atoms with van der Waals surface area (Å²) in [5.74, 6) is -1.82. The van der Waals surface area contributed by atoms with Crippen LogP contribution in [0.1, 0.15) is 15.9 Å². The van der Waals surface area contributed by atoms with Crippen LogP contribution in [-0.4, -0.2) is 18.4 Å². The van der Waals surface area contributed by atoms with Crippen LogP contribution >= 0.6 is 11.6 Å². The number of carbonyl (C=O) groups is 2. The molecular formula is C16H15ClFN3O2. The van der Waals surface area contributed by atoms with E-state index in [1.54, 1.807) is 18.2 Å². The molecule has 2 aromatic carbocycles. The van der Waals surface area contributed by atoms with Crippen molar-refractivity contribution in [2.24, 2.45) is 5.73 Å². The third-order valence-electron chi connectivity index (χ3n) is 3.06. The second kappa shape index (κ2) is 7.60. The van der Waals surface area contributed by atoms with E-state index in [1.807, 2.05) is 6.07 Å². The number of hydrogen-bond donors (Lipinski definition) is 3. The number of hydrogen-bond acceptors (Lipinski definition) is 3. The lowest BCUT2D eigenvalue weighted by Crippen LogP contribution is -2.29. The summed E-state index contributed by atoms with van der Waals surface area (Å²) >= 11 is 5.86.